The molecule has 1 saturated heterocycles. The van der Waals surface area contributed by atoms with Gasteiger partial charge in [-0.15, -0.1) is 0 Å². The van der Waals surface area contributed by atoms with Crippen LogP contribution in [0.3, 0.4) is 0 Å². The second-order valence-corrected chi connectivity index (χ2v) is 15.7. The first-order chi connectivity index (χ1) is 7.36. The lowest BCUT2D eigenvalue weighted by Crippen LogP contribution is -2.80. The first kappa shape index (κ1) is 14.2. The van der Waals surface area contributed by atoms with Crippen molar-refractivity contribution in [3.05, 3.63) is 12.8 Å². The third-order valence-electron chi connectivity index (χ3n) is 3.25. The summed E-state index contributed by atoms with van der Waals surface area (Å²) in [4.78, 5) is 17.1. The lowest BCUT2D eigenvalue weighted by Gasteiger charge is -2.47. The Morgan fingerprint density at radius 3 is 1.56 bits per heavy atom. The van der Waals surface area contributed by atoms with Gasteiger partial charge in [0.15, 0.2) is 0 Å². The summed E-state index contributed by atoms with van der Waals surface area (Å²) in [5, 5.41) is 0. The van der Waals surface area contributed by atoms with Crippen LogP contribution in [0.15, 0.2) is 12.8 Å². The van der Waals surface area contributed by atoms with E-state index in [1.54, 1.807) is 21.3 Å². The molecule has 9 heteroatoms. The van der Waals surface area contributed by atoms with Crippen molar-refractivity contribution < 1.29 is 26.4 Å². The van der Waals surface area contributed by atoms with Crippen molar-refractivity contribution in [2.24, 2.45) is 0 Å². The fraction of sp³-hybridized carbons (Fsp3) is 0.714. The molecule has 94 valence electrons. The van der Waals surface area contributed by atoms with E-state index < -0.39 is 29.5 Å². The first-order valence-electron chi connectivity index (χ1n) is 5.23. The molecule has 0 aromatic rings. The molecule has 0 aromatic carbocycles. The molecular formula is C7H24N3O3Si3+3. The SMILES string of the molecule is C=C[N+]1(OC)[SiH2][N+](C)(OC)[SiH2][N+](C)(OC)[SiH2]1. The normalized spacial score (nSPS) is 48.8. The van der Waals surface area contributed by atoms with Crippen LogP contribution in [0.5, 0.6) is 0 Å². The highest BCUT2D eigenvalue weighted by molar-refractivity contribution is 6.46. The van der Waals surface area contributed by atoms with Gasteiger partial charge in [-0.05, 0) is 6.58 Å². The molecule has 1 aliphatic heterocycles. The first-order valence-corrected chi connectivity index (χ1v) is 9.03. The number of hydroxylamine groups is 3. The monoisotopic (exact) mass is 282 g/mol. The molecule has 2 unspecified atom stereocenters. The molecule has 0 amide bonds. The minimum atomic E-state index is -0.605. The van der Waals surface area contributed by atoms with Crippen LogP contribution in [0, 0.1) is 0 Å². The van der Waals surface area contributed by atoms with Crippen molar-refractivity contribution >= 4 is 29.5 Å². The molecule has 0 radical (unpaired) electrons. The smallest absolute Gasteiger partial charge is 0.236 e. The van der Waals surface area contributed by atoms with E-state index >= 15 is 0 Å². The van der Waals surface area contributed by atoms with Gasteiger partial charge in [0.05, 0.1) is 41.6 Å². The van der Waals surface area contributed by atoms with Gasteiger partial charge >= 0.3 is 29.5 Å². The molecule has 1 aliphatic rings. The van der Waals surface area contributed by atoms with Gasteiger partial charge < -0.3 is 0 Å². The Hall–Kier alpha value is 0.151. The Bertz CT molecular complexity index is 265. The summed E-state index contributed by atoms with van der Waals surface area (Å²) in [6.07, 6.45) is 1.93. The van der Waals surface area contributed by atoms with Crippen LogP contribution in [0.1, 0.15) is 0 Å². The van der Waals surface area contributed by atoms with Crippen LogP contribution in [0.25, 0.3) is 0 Å². The molecule has 16 heavy (non-hydrogen) atoms. The molecule has 0 bridgehead atoms. The van der Waals surface area contributed by atoms with E-state index in [1.807, 2.05) is 6.20 Å². The van der Waals surface area contributed by atoms with Crippen molar-refractivity contribution in [2.45, 2.75) is 0 Å². The van der Waals surface area contributed by atoms with E-state index in [2.05, 4.69) is 20.7 Å². The van der Waals surface area contributed by atoms with E-state index in [0.717, 1.165) is 7.95 Å². The standard InChI is InChI=1S/C7H24N3O3Si3/c1-7-10(13-6)15-8(2,11-4)14-9(3,12-5)16-10/h7H,1,14-16H2,2-6H3/q+3. The van der Waals surface area contributed by atoms with E-state index in [0.29, 0.717) is 3.98 Å². The van der Waals surface area contributed by atoms with Crippen molar-refractivity contribution in [1.82, 2.24) is 0 Å². The van der Waals surface area contributed by atoms with Crippen LogP contribution in [0.2, 0.25) is 0 Å². The van der Waals surface area contributed by atoms with Crippen LogP contribution in [-0.2, 0) is 14.5 Å². The van der Waals surface area contributed by atoms with Crippen LogP contribution < -0.4 is 0 Å². The van der Waals surface area contributed by atoms with Gasteiger partial charge in [-0.3, -0.25) is 0 Å². The van der Waals surface area contributed by atoms with Crippen molar-refractivity contribution in [3.8, 4) is 0 Å². The van der Waals surface area contributed by atoms with Gasteiger partial charge in [-0.2, -0.15) is 3.98 Å². The summed E-state index contributed by atoms with van der Waals surface area (Å²) < 4.78 is 2.05. The molecule has 2 atom stereocenters. The lowest BCUT2D eigenvalue weighted by atomic mass is 11.1. The Balaban J connectivity index is 3.04. The summed E-state index contributed by atoms with van der Waals surface area (Å²) in [6.45, 7) is 3.93. The van der Waals surface area contributed by atoms with Gasteiger partial charge in [-0.1, -0.05) is 0 Å². The number of hydrogen-bond acceptors (Lipinski definition) is 3. The average molecular weight is 283 g/mol. The summed E-state index contributed by atoms with van der Waals surface area (Å²) in [6, 6.07) is 0. The quantitative estimate of drug-likeness (QED) is 0.535. The van der Waals surface area contributed by atoms with Gasteiger partial charge in [0.1, 0.15) is 0 Å². The van der Waals surface area contributed by atoms with Crippen molar-refractivity contribution in [2.75, 3.05) is 35.4 Å². The molecular weight excluding hydrogens is 258 g/mol. The molecule has 0 aliphatic carbocycles. The fourth-order valence-electron chi connectivity index (χ4n) is 2.32. The zero-order valence-corrected chi connectivity index (χ0v) is 15.2. The molecule has 0 saturated carbocycles. The highest BCUT2D eigenvalue weighted by atomic mass is 28.4. The highest BCUT2D eigenvalue weighted by Gasteiger charge is 2.59. The number of quaternary nitrogens is 3. The van der Waals surface area contributed by atoms with E-state index in [9.17, 15) is 0 Å². The highest BCUT2D eigenvalue weighted by Crippen LogP contribution is 2.22. The van der Waals surface area contributed by atoms with Gasteiger partial charge in [0, 0.05) is 0 Å². The summed E-state index contributed by atoms with van der Waals surface area (Å²) in [5.41, 5.74) is 0. The van der Waals surface area contributed by atoms with E-state index in [-0.39, 0.29) is 0 Å². The number of hydrogen-bond donors (Lipinski definition) is 0. The Morgan fingerprint density at radius 1 is 0.875 bits per heavy atom. The van der Waals surface area contributed by atoms with Crippen molar-refractivity contribution in [1.29, 1.82) is 0 Å². The molecule has 1 heterocycles. The maximum atomic E-state index is 5.70. The zero-order valence-electron chi connectivity index (χ0n) is 11.0. The maximum absolute atomic E-state index is 5.70. The van der Waals surface area contributed by atoms with E-state index in [1.165, 1.54) is 0 Å². The zero-order chi connectivity index (χ0) is 12.4. The molecule has 1 fully saturated rings. The van der Waals surface area contributed by atoms with Crippen LogP contribution in [-0.4, -0.2) is 76.9 Å². The molecule has 0 N–H and O–H groups in total. The number of nitrogens with zero attached hydrogens (tertiary/aromatic N) is 3. The second-order valence-electron chi connectivity index (χ2n) is 4.70. The Morgan fingerprint density at radius 2 is 1.31 bits per heavy atom. The molecule has 0 aromatic heterocycles. The molecule has 1 rings (SSSR count). The predicted molar refractivity (Wildman–Crippen MR) is 69.5 cm³/mol. The van der Waals surface area contributed by atoms with Gasteiger partial charge in [0.2, 0.25) is 0 Å². The Kier molecular flexibility index (Phi) is 4.26. The summed E-state index contributed by atoms with van der Waals surface area (Å²) in [5.74, 6) is 0. The largest absolute Gasteiger partial charge is 0.534 e. The third kappa shape index (κ3) is 2.69. The summed E-state index contributed by atoms with van der Waals surface area (Å²) >= 11 is 0. The maximum Gasteiger partial charge on any atom is 0.534 e. The third-order valence-corrected chi connectivity index (χ3v) is 12.3. The minimum Gasteiger partial charge on any atom is -0.236 e. The van der Waals surface area contributed by atoms with Gasteiger partial charge in [-0.25, -0.2) is 22.5 Å². The average Bonchev–Trinajstić information content (AvgIpc) is 2.28. The predicted octanol–water partition coefficient (Wildman–Crippen LogP) is -2.47. The topological polar surface area (TPSA) is 27.7 Å². The summed E-state index contributed by atoms with van der Waals surface area (Å²) in [7, 11) is 7.87. The van der Waals surface area contributed by atoms with Gasteiger partial charge in [0.25, 0.3) is 0 Å². The Labute approximate surface area is 105 Å². The minimum absolute atomic E-state index is 0.533. The van der Waals surface area contributed by atoms with Crippen LogP contribution >= 0.6 is 0 Å². The van der Waals surface area contributed by atoms with Crippen molar-refractivity contribution in [3.63, 3.8) is 0 Å². The fourth-order valence-corrected chi connectivity index (χ4v) is 17.3. The molecule has 6 nitrogen and oxygen atoms in total. The lowest BCUT2D eigenvalue weighted by molar-refractivity contribution is -1.09. The van der Waals surface area contributed by atoms with Crippen LogP contribution in [0.4, 0.5) is 0 Å². The second kappa shape index (κ2) is 4.80. The molecule has 0 spiro atoms. The van der Waals surface area contributed by atoms with E-state index in [4.69, 9.17) is 14.5 Å². The number of rotatable bonds is 4.